The lowest BCUT2D eigenvalue weighted by Crippen LogP contribution is -2.52. The largest absolute Gasteiger partial charge is 0.390 e. The van der Waals surface area contributed by atoms with Crippen LogP contribution in [0, 0.1) is 0 Å². The average Bonchev–Trinajstić information content (AvgIpc) is 2.02. The van der Waals surface area contributed by atoms with E-state index in [0.717, 1.165) is 0 Å². The molecule has 0 rings (SSSR count). The van der Waals surface area contributed by atoms with Crippen molar-refractivity contribution in [2.45, 2.75) is 31.5 Å². The van der Waals surface area contributed by atoms with E-state index < -0.39 is 30.8 Å². The molecule has 3 nitrogen and oxygen atoms in total. The van der Waals surface area contributed by atoms with E-state index in [1.807, 2.05) is 0 Å². The molecule has 7 heteroatoms. The normalized spacial score (nSPS) is 14.6. The Bertz CT molecular complexity index is 193. The standard InChI is InChI=1S/C7H12F4O3/c1-5(2,6(8,9)3-12)14-7(10,11)4-13/h12-13H,3-4H2,1-2H3. The van der Waals surface area contributed by atoms with Gasteiger partial charge in [0.1, 0.15) is 18.8 Å². The van der Waals surface area contributed by atoms with Crippen LogP contribution in [0.3, 0.4) is 0 Å². The monoisotopic (exact) mass is 220 g/mol. The van der Waals surface area contributed by atoms with Crippen LogP contribution in [0.5, 0.6) is 0 Å². The van der Waals surface area contributed by atoms with E-state index in [0.29, 0.717) is 13.8 Å². The Morgan fingerprint density at radius 1 is 1.00 bits per heavy atom. The van der Waals surface area contributed by atoms with E-state index in [1.165, 1.54) is 0 Å². The van der Waals surface area contributed by atoms with Gasteiger partial charge in [-0.2, -0.15) is 8.78 Å². The first-order valence-electron chi connectivity index (χ1n) is 3.75. The van der Waals surface area contributed by atoms with Crippen LogP contribution in [-0.2, 0) is 4.74 Å². The first-order chi connectivity index (χ1) is 6.08. The van der Waals surface area contributed by atoms with Gasteiger partial charge in [-0.25, -0.2) is 8.78 Å². The van der Waals surface area contributed by atoms with Crippen LogP contribution in [0.2, 0.25) is 0 Å². The Balaban J connectivity index is 4.64. The van der Waals surface area contributed by atoms with E-state index in [2.05, 4.69) is 4.74 Å². The molecule has 0 fully saturated rings. The molecule has 0 aromatic heterocycles. The summed E-state index contributed by atoms with van der Waals surface area (Å²) in [6.45, 7) is -1.90. The smallest absolute Gasteiger partial charge is 0.379 e. The fourth-order valence-corrected chi connectivity index (χ4v) is 0.671. The van der Waals surface area contributed by atoms with Gasteiger partial charge in [0.15, 0.2) is 0 Å². The van der Waals surface area contributed by atoms with Gasteiger partial charge in [0, 0.05) is 0 Å². The van der Waals surface area contributed by atoms with Gasteiger partial charge in [0.25, 0.3) is 5.92 Å². The van der Waals surface area contributed by atoms with Gasteiger partial charge in [0.05, 0.1) is 0 Å². The van der Waals surface area contributed by atoms with E-state index in [9.17, 15) is 17.6 Å². The van der Waals surface area contributed by atoms with Gasteiger partial charge in [-0.1, -0.05) is 0 Å². The lowest BCUT2D eigenvalue weighted by molar-refractivity contribution is -0.344. The summed E-state index contributed by atoms with van der Waals surface area (Å²) in [6.07, 6.45) is -4.05. The van der Waals surface area contributed by atoms with Crippen molar-refractivity contribution in [2.24, 2.45) is 0 Å². The van der Waals surface area contributed by atoms with Crippen LogP contribution in [-0.4, -0.2) is 41.1 Å². The second-order valence-electron chi connectivity index (χ2n) is 3.27. The highest BCUT2D eigenvalue weighted by Gasteiger charge is 2.52. The first kappa shape index (κ1) is 13.6. The molecule has 86 valence electrons. The van der Waals surface area contributed by atoms with Crippen LogP contribution < -0.4 is 0 Å². The van der Waals surface area contributed by atoms with Crippen molar-refractivity contribution in [3.8, 4) is 0 Å². The summed E-state index contributed by atoms with van der Waals surface area (Å²) >= 11 is 0. The molecule has 2 N–H and O–H groups in total. The Hall–Kier alpha value is -0.400. The number of hydrogen-bond acceptors (Lipinski definition) is 3. The van der Waals surface area contributed by atoms with Crippen LogP contribution in [0.1, 0.15) is 13.8 Å². The number of alkyl halides is 4. The Kier molecular flexibility index (Phi) is 3.88. The molecule has 0 aromatic rings. The number of rotatable bonds is 5. The van der Waals surface area contributed by atoms with Crippen molar-refractivity contribution in [1.82, 2.24) is 0 Å². The van der Waals surface area contributed by atoms with Gasteiger partial charge in [-0.3, -0.25) is 0 Å². The molecule has 0 saturated heterocycles. The summed E-state index contributed by atoms with van der Waals surface area (Å²) < 4.78 is 54.2. The number of aliphatic hydroxyl groups excluding tert-OH is 2. The summed E-state index contributed by atoms with van der Waals surface area (Å²) in [4.78, 5) is 0. The maximum Gasteiger partial charge on any atom is 0.379 e. The number of halogens is 4. The predicted octanol–water partition coefficient (Wildman–Crippen LogP) is 0.994. The van der Waals surface area contributed by atoms with Gasteiger partial charge in [-0.05, 0) is 13.8 Å². The van der Waals surface area contributed by atoms with Crippen molar-refractivity contribution in [3.05, 3.63) is 0 Å². The lowest BCUT2D eigenvalue weighted by Gasteiger charge is -2.35. The average molecular weight is 220 g/mol. The molecule has 0 spiro atoms. The zero-order valence-corrected chi connectivity index (χ0v) is 7.73. The zero-order valence-electron chi connectivity index (χ0n) is 7.73. The van der Waals surface area contributed by atoms with E-state index in [-0.39, 0.29) is 0 Å². The summed E-state index contributed by atoms with van der Waals surface area (Å²) in [5.41, 5.74) is -2.56. The number of hydrogen-bond donors (Lipinski definition) is 2. The Morgan fingerprint density at radius 3 is 1.71 bits per heavy atom. The first-order valence-corrected chi connectivity index (χ1v) is 3.75. The molecule has 14 heavy (non-hydrogen) atoms. The van der Waals surface area contributed by atoms with Crippen LogP contribution >= 0.6 is 0 Å². The second-order valence-corrected chi connectivity index (χ2v) is 3.27. The third kappa shape index (κ3) is 3.07. The van der Waals surface area contributed by atoms with Gasteiger partial charge >= 0.3 is 6.11 Å². The molecule has 0 aliphatic carbocycles. The molecular formula is C7H12F4O3. The zero-order chi connectivity index (χ0) is 11.6. The molecule has 0 bridgehead atoms. The van der Waals surface area contributed by atoms with E-state index >= 15 is 0 Å². The van der Waals surface area contributed by atoms with Crippen molar-refractivity contribution >= 4 is 0 Å². The van der Waals surface area contributed by atoms with Crippen molar-refractivity contribution in [3.63, 3.8) is 0 Å². The lowest BCUT2D eigenvalue weighted by atomic mass is 10.0. The third-order valence-corrected chi connectivity index (χ3v) is 1.67. The topological polar surface area (TPSA) is 49.7 Å². The maximum absolute atomic E-state index is 12.8. The van der Waals surface area contributed by atoms with E-state index in [1.54, 1.807) is 0 Å². The van der Waals surface area contributed by atoms with Crippen LogP contribution in [0.25, 0.3) is 0 Å². The SMILES string of the molecule is CC(C)(OC(F)(F)CO)C(F)(F)CO. The summed E-state index contributed by atoms with van der Waals surface area (Å²) in [5.74, 6) is -3.81. The minimum Gasteiger partial charge on any atom is -0.390 e. The molecule has 0 atom stereocenters. The number of aliphatic hydroxyl groups is 2. The molecule has 0 aromatic carbocycles. The molecule has 0 unspecified atom stereocenters. The maximum atomic E-state index is 12.8. The third-order valence-electron chi connectivity index (χ3n) is 1.67. The molecule has 0 aliphatic rings. The van der Waals surface area contributed by atoms with Crippen molar-refractivity contribution in [1.29, 1.82) is 0 Å². The summed E-state index contributed by atoms with van der Waals surface area (Å²) in [5, 5.41) is 16.4. The van der Waals surface area contributed by atoms with Crippen LogP contribution in [0.15, 0.2) is 0 Å². The molecule has 0 radical (unpaired) electrons. The molecular weight excluding hydrogens is 208 g/mol. The molecule has 0 saturated carbocycles. The molecule has 0 heterocycles. The Labute approximate surface area is 78.3 Å². The van der Waals surface area contributed by atoms with Gasteiger partial charge in [-0.15, -0.1) is 0 Å². The highest BCUT2D eigenvalue weighted by molar-refractivity contribution is 4.87. The minimum atomic E-state index is -4.05. The number of ether oxygens (including phenoxy) is 1. The van der Waals surface area contributed by atoms with Gasteiger partial charge in [0.2, 0.25) is 0 Å². The molecule has 0 amide bonds. The van der Waals surface area contributed by atoms with Crippen molar-refractivity contribution in [2.75, 3.05) is 13.2 Å². The van der Waals surface area contributed by atoms with Crippen molar-refractivity contribution < 1.29 is 32.5 Å². The fraction of sp³-hybridized carbons (Fsp3) is 1.00. The molecule has 0 aliphatic heterocycles. The quantitative estimate of drug-likeness (QED) is 0.679. The fourth-order valence-electron chi connectivity index (χ4n) is 0.671. The van der Waals surface area contributed by atoms with Gasteiger partial charge < -0.3 is 14.9 Å². The summed E-state index contributed by atoms with van der Waals surface area (Å²) in [6, 6.07) is 0. The minimum absolute atomic E-state index is 0.701. The highest BCUT2D eigenvalue weighted by atomic mass is 19.3. The summed E-state index contributed by atoms with van der Waals surface area (Å²) in [7, 11) is 0. The predicted molar refractivity (Wildman–Crippen MR) is 39.2 cm³/mol. The Morgan fingerprint density at radius 2 is 1.43 bits per heavy atom. The highest BCUT2D eigenvalue weighted by Crippen LogP contribution is 2.35. The van der Waals surface area contributed by atoms with Crippen LogP contribution in [0.4, 0.5) is 17.6 Å². The second kappa shape index (κ2) is 4.00. The van der Waals surface area contributed by atoms with E-state index in [4.69, 9.17) is 10.2 Å².